The van der Waals surface area contributed by atoms with Gasteiger partial charge >= 0.3 is 0 Å². The molecule has 3 heteroatoms. The second-order valence-electron chi connectivity index (χ2n) is 3.05. The van der Waals surface area contributed by atoms with Crippen molar-refractivity contribution in [1.29, 1.82) is 0 Å². The molecule has 1 nitrogen and oxygen atoms in total. The van der Waals surface area contributed by atoms with E-state index < -0.39 is 11.6 Å². The number of carbonyl (C=O) groups excluding carboxylic acids is 1. The van der Waals surface area contributed by atoms with Crippen LogP contribution < -0.4 is 0 Å². The third-order valence-electron chi connectivity index (χ3n) is 1.86. The van der Waals surface area contributed by atoms with E-state index in [0.717, 1.165) is 6.07 Å². The van der Waals surface area contributed by atoms with Crippen LogP contribution in [0.1, 0.15) is 18.1 Å². The maximum Gasteiger partial charge on any atom is 0.134 e. The van der Waals surface area contributed by atoms with Crippen LogP contribution in [0.3, 0.4) is 0 Å². The minimum atomic E-state index is -0.639. The first kappa shape index (κ1) is 9.84. The molecule has 0 atom stereocenters. The Kier molecular flexibility index (Phi) is 2.76. The van der Waals surface area contributed by atoms with Gasteiger partial charge < -0.3 is 0 Å². The molecule has 0 aliphatic heterocycles. The van der Waals surface area contributed by atoms with Crippen molar-refractivity contribution in [3.05, 3.63) is 34.9 Å². The normalized spacial score (nSPS) is 10.2. The van der Waals surface area contributed by atoms with E-state index in [1.165, 1.54) is 19.9 Å². The summed E-state index contributed by atoms with van der Waals surface area (Å²) < 4.78 is 25.6. The van der Waals surface area contributed by atoms with Crippen LogP contribution in [-0.4, -0.2) is 5.78 Å². The Morgan fingerprint density at radius 1 is 1.38 bits per heavy atom. The summed E-state index contributed by atoms with van der Waals surface area (Å²) in [5, 5.41) is 0. The van der Waals surface area contributed by atoms with E-state index in [9.17, 15) is 13.6 Å². The summed E-state index contributed by atoms with van der Waals surface area (Å²) in [6.07, 6.45) is 0.0838. The Balaban J connectivity index is 3.12. The van der Waals surface area contributed by atoms with E-state index >= 15 is 0 Å². The van der Waals surface area contributed by atoms with Crippen LogP contribution in [0.15, 0.2) is 12.1 Å². The van der Waals surface area contributed by atoms with E-state index in [4.69, 9.17) is 0 Å². The van der Waals surface area contributed by atoms with Crippen LogP contribution >= 0.6 is 0 Å². The zero-order valence-electron chi connectivity index (χ0n) is 7.53. The van der Waals surface area contributed by atoms with E-state index in [0.29, 0.717) is 11.1 Å². The second-order valence-corrected chi connectivity index (χ2v) is 3.05. The van der Waals surface area contributed by atoms with Crippen LogP contribution in [0.4, 0.5) is 8.78 Å². The van der Waals surface area contributed by atoms with E-state index in [-0.39, 0.29) is 12.2 Å². The summed E-state index contributed by atoms with van der Waals surface area (Å²) in [5.74, 6) is -1.34. The third kappa shape index (κ3) is 2.34. The summed E-state index contributed by atoms with van der Waals surface area (Å²) in [5.41, 5.74) is 0.765. The maximum atomic E-state index is 12.9. The lowest BCUT2D eigenvalue weighted by Crippen LogP contribution is -2.01. The molecule has 0 amide bonds. The molecular weight excluding hydrogens is 174 g/mol. The molecule has 1 rings (SSSR count). The predicted molar refractivity (Wildman–Crippen MR) is 45.5 cm³/mol. The molecule has 0 fully saturated rings. The molecule has 0 saturated heterocycles. The highest BCUT2D eigenvalue weighted by Gasteiger charge is 2.08. The van der Waals surface area contributed by atoms with Gasteiger partial charge in [0.25, 0.3) is 0 Å². The molecule has 0 heterocycles. The number of halogens is 2. The smallest absolute Gasteiger partial charge is 0.134 e. The first-order valence-corrected chi connectivity index (χ1v) is 3.94. The van der Waals surface area contributed by atoms with Crippen molar-refractivity contribution in [3.8, 4) is 0 Å². The number of ketones is 1. The number of hydrogen-bond donors (Lipinski definition) is 0. The minimum Gasteiger partial charge on any atom is -0.300 e. The monoisotopic (exact) mass is 184 g/mol. The molecule has 13 heavy (non-hydrogen) atoms. The van der Waals surface area contributed by atoms with Crippen molar-refractivity contribution >= 4 is 5.78 Å². The average Bonchev–Trinajstić information content (AvgIpc) is 1.98. The fraction of sp³-hybridized carbons (Fsp3) is 0.300. The number of hydrogen-bond acceptors (Lipinski definition) is 1. The molecule has 0 unspecified atom stereocenters. The van der Waals surface area contributed by atoms with Gasteiger partial charge in [-0.2, -0.15) is 0 Å². The Labute approximate surface area is 75.4 Å². The van der Waals surface area contributed by atoms with Crippen LogP contribution in [-0.2, 0) is 11.2 Å². The molecule has 0 aromatic heterocycles. The molecule has 0 bridgehead atoms. The highest BCUT2D eigenvalue weighted by Crippen LogP contribution is 2.15. The Morgan fingerprint density at radius 2 is 2.00 bits per heavy atom. The van der Waals surface area contributed by atoms with Crippen LogP contribution in [0.5, 0.6) is 0 Å². The SMILES string of the molecule is CC(=O)Cc1cc(F)cc(F)c1C. The first-order chi connectivity index (χ1) is 6.00. The van der Waals surface area contributed by atoms with Gasteiger partial charge in [0.15, 0.2) is 0 Å². The molecule has 0 aliphatic rings. The van der Waals surface area contributed by atoms with Crippen molar-refractivity contribution < 1.29 is 13.6 Å². The van der Waals surface area contributed by atoms with Crippen molar-refractivity contribution in [3.63, 3.8) is 0 Å². The first-order valence-electron chi connectivity index (χ1n) is 3.94. The largest absolute Gasteiger partial charge is 0.300 e. The van der Waals surface area contributed by atoms with Gasteiger partial charge in [-0.3, -0.25) is 4.79 Å². The Bertz CT molecular complexity index is 345. The molecule has 1 aromatic carbocycles. The number of Topliss-reactive ketones (excluding diaryl/α,β-unsaturated/α-hetero) is 1. The molecule has 0 spiro atoms. The van der Waals surface area contributed by atoms with Gasteiger partial charge in [-0.25, -0.2) is 8.78 Å². The fourth-order valence-corrected chi connectivity index (χ4v) is 1.15. The minimum absolute atomic E-state index is 0.0838. The number of carbonyl (C=O) groups is 1. The average molecular weight is 184 g/mol. The van der Waals surface area contributed by atoms with Crippen molar-refractivity contribution in [1.82, 2.24) is 0 Å². The quantitative estimate of drug-likeness (QED) is 0.689. The fourth-order valence-electron chi connectivity index (χ4n) is 1.15. The van der Waals surface area contributed by atoms with E-state index in [1.807, 2.05) is 0 Å². The van der Waals surface area contributed by atoms with E-state index in [2.05, 4.69) is 0 Å². The second kappa shape index (κ2) is 3.64. The van der Waals surface area contributed by atoms with Gasteiger partial charge in [0, 0.05) is 12.5 Å². The highest BCUT2D eigenvalue weighted by molar-refractivity contribution is 5.78. The lowest BCUT2D eigenvalue weighted by molar-refractivity contribution is -0.116. The number of rotatable bonds is 2. The van der Waals surface area contributed by atoms with Gasteiger partial charge in [-0.15, -0.1) is 0 Å². The molecule has 0 N–H and O–H groups in total. The third-order valence-corrected chi connectivity index (χ3v) is 1.86. The molecular formula is C10H10F2O. The summed E-state index contributed by atoms with van der Waals surface area (Å²) in [6, 6.07) is 2.01. The highest BCUT2D eigenvalue weighted by atomic mass is 19.1. The Hall–Kier alpha value is -1.25. The maximum absolute atomic E-state index is 12.9. The lowest BCUT2D eigenvalue weighted by atomic mass is 10.0. The summed E-state index contributed by atoms with van der Waals surface area (Å²) in [4.78, 5) is 10.7. The van der Waals surface area contributed by atoms with Gasteiger partial charge in [0.2, 0.25) is 0 Å². The van der Waals surface area contributed by atoms with Crippen molar-refractivity contribution in [2.75, 3.05) is 0 Å². The predicted octanol–water partition coefficient (Wildman–Crippen LogP) is 2.40. The van der Waals surface area contributed by atoms with Gasteiger partial charge in [-0.05, 0) is 31.0 Å². The zero-order valence-corrected chi connectivity index (χ0v) is 7.53. The molecule has 0 saturated carbocycles. The van der Waals surface area contributed by atoms with Crippen molar-refractivity contribution in [2.45, 2.75) is 20.3 Å². The summed E-state index contributed by atoms with van der Waals surface area (Å²) >= 11 is 0. The van der Waals surface area contributed by atoms with Crippen LogP contribution in [0.25, 0.3) is 0 Å². The lowest BCUT2D eigenvalue weighted by Gasteiger charge is -2.04. The standard InChI is InChI=1S/C10H10F2O/c1-6(13)3-8-4-9(11)5-10(12)7(8)2/h4-5H,3H2,1-2H3. The Morgan fingerprint density at radius 3 is 2.54 bits per heavy atom. The van der Waals surface area contributed by atoms with Crippen LogP contribution in [0, 0.1) is 18.6 Å². The molecule has 0 radical (unpaired) electrons. The topological polar surface area (TPSA) is 17.1 Å². The number of benzene rings is 1. The summed E-state index contributed by atoms with van der Waals surface area (Å²) in [6.45, 7) is 2.93. The van der Waals surface area contributed by atoms with Gasteiger partial charge in [-0.1, -0.05) is 0 Å². The zero-order chi connectivity index (χ0) is 10.0. The summed E-state index contributed by atoms with van der Waals surface area (Å²) in [7, 11) is 0. The van der Waals surface area contributed by atoms with E-state index in [1.54, 1.807) is 0 Å². The molecule has 70 valence electrons. The molecule has 1 aromatic rings. The van der Waals surface area contributed by atoms with Crippen LogP contribution in [0.2, 0.25) is 0 Å². The van der Waals surface area contributed by atoms with Gasteiger partial charge in [0.05, 0.1) is 0 Å². The van der Waals surface area contributed by atoms with Crippen molar-refractivity contribution in [2.24, 2.45) is 0 Å². The van der Waals surface area contributed by atoms with Gasteiger partial charge in [0.1, 0.15) is 17.4 Å². The molecule has 0 aliphatic carbocycles.